The zero-order valence-corrected chi connectivity index (χ0v) is 14.2. The minimum Gasteiger partial charge on any atom is -0.497 e. The molecule has 0 unspecified atom stereocenters. The summed E-state index contributed by atoms with van der Waals surface area (Å²) in [5.41, 5.74) is 3.63. The third-order valence-electron chi connectivity index (χ3n) is 3.26. The zero-order valence-electron chi connectivity index (χ0n) is 14.2. The molecule has 0 radical (unpaired) electrons. The molecule has 0 aromatic heterocycles. The molecule has 2 rings (SSSR count). The van der Waals surface area contributed by atoms with Crippen LogP contribution in [-0.4, -0.2) is 32.9 Å². The Balaban J connectivity index is 2.04. The standard InChI is InChI=1S/C19H20N2O4/c1-4-10-25-16-7-5-6-14(11-16)13-20-21-19(22)17-9-8-15(23-2)12-18(17)24-3/h4-9,11-13H,1,10H2,2-3H3,(H,21,22)/b20-13-. The van der Waals surface area contributed by atoms with Gasteiger partial charge in [-0.2, -0.15) is 5.10 Å². The summed E-state index contributed by atoms with van der Waals surface area (Å²) in [6, 6.07) is 12.3. The topological polar surface area (TPSA) is 69.2 Å². The predicted molar refractivity (Wildman–Crippen MR) is 96.7 cm³/mol. The van der Waals surface area contributed by atoms with Gasteiger partial charge in [-0.25, -0.2) is 5.43 Å². The molecule has 6 nitrogen and oxygen atoms in total. The van der Waals surface area contributed by atoms with Crippen molar-refractivity contribution in [2.75, 3.05) is 20.8 Å². The summed E-state index contributed by atoms with van der Waals surface area (Å²) in [6.45, 7) is 4.03. The molecule has 2 aromatic carbocycles. The third-order valence-corrected chi connectivity index (χ3v) is 3.26. The Labute approximate surface area is 146 Å². The highest BCUT2D eigenvalue weighted by atomic mass is 16.5. The highest BCUT2D eigenvalue weighted by molar-refractivity contribution is 5.97. The number of benzene rings is 2. The number of hydrazone groups is 1. The summed E-state index contributed by atoms with van der Waals surface area (Å²) in [7, 11) is 3.04. The van der Waals surface area contributed by atoms with Crippen molar-refractivity contribution in [3.8, 4) is 17.2 Å². The van der Waals surface area contributed by atoms with Gasteiger partial charge in [0.25, 0.3) is 5.91 Å². The van der Waals surface area contributed by atoms with Crippen molar-refractivity contribution in [2.45, 2.75) is 0 Å². The van der Waals surface area contributed by atoms with Crippen LogP contribution in [0.3, 0.4) is 0 Å². The van der Waals surface area contributed by atoms with E-state index in [1.807, 2.05) is 24.3 Å². The SMILES string of the molecule is C=CCOc1cccc(/C=N\NC(=O)c2ccc(OC)cc2OC)c1. The number of nitrogens with zero attached hydrogens (tertiary/aromatic N) is 1. The fourth-order valence-corrected chi connectivity index (χ4v) is 2.05. The summed E-state index contributed by atoms with van der Waals surface area (Å²) in [5.74, 6) is 1.34. The van der Waals surface area contributed by atoms with Crippen LogP contribution in [0.25, 0.3) is 0 Å². The van der Waals surface area contributed by atoms with Gasteiger partial charge in [0, 0.05) is 6.07 Å². The van der Waals surface area contributed by atoms with E-state index in [4.69, 9.17) is 14.2 Å². The Morgan fingerprint density at radius 3 is 2.72 bits per heavy atom. The van der Waals surface area contributed by atoms with Crippen LogP contribution in [0.5, 0.6) is 17.2 Å². The molecule has 0 saturated heterocycles. The van der Waals surface area contributed by atoms with E-state index < -0.39 is 0 Å². The second-order valence-electron chi connectivity index (χ2n) is 4.94. The Kier molecular flexibility index (Phi) is 6.59. The molecule has 0 atom stereocenters. The number of hydrogen-bond donors (Lipinski definition) is 1. The number of rotatable bonds is 8. The van der Waals surface area contributed by atoms with Gasteiger partial charge in [0.05, 0.1) is 26.0 Å². The van der Waals surface area contributed by atoms with Crippen molar-refractivity contribution in [2.24, 2.45) is 5.10 Å². The largest absolute Gasteiger partial charge is 0.497 e. The molecule has 6 heteroatoms. The molecule has 1 amide bonds. The van der Waals surface area contributed by atoms with Crippen molar-refractivity contribution in [1.29, 1.82) is 0 Å². The average molecular weight is 340 g/mol. The van der Waals surface area contributed by atoms with Gasteiger partial charge in [0.1, 0.15) is 23.9 Å². The highest BCUT2D eigenvalue weighted by Crippen LogP contribution is 2.24. The number of amides is 1. The molecule has 0 aliphatic rings. The molecule has 25 heavy (non-hydrogen) atoms. The molecule has 1 N–H and O–H groups in total. The summed E-state index contributed by atoms with van der Waals surface area (Å²) in [5, 5.41) is 3.97. The average Bonchev–Trinajstić information content (AvgIpc) is 2.66. The van der Waals surface area contributed by atoms with E-state index in [0.29, 0.717) is 29.4 Å². The molecule has 0 fully saturated rings. The Bertz CT molecular complexity index is 772. The molecule has 0 spiro atoms. The Morgan fingerprint density at radius 2 is 2.00 bits per heavy atom. The van der Waals surface area contributed by atoms with E-state index in [9.17, 15) is 4.79 Å². The first-order valence-corrected chi connectivity index (χ1v) is 7.57. The third kappa shape index (κ3) is 5.10. The van der Waals surface area contributed by atoms with Crippen LogP contribution in [0.15, 0.2) is 60.2 Å². The van der Waals surface area contributed by atoms with Crippen molar-refractivity contribution >= 4 is 12.1 Å². The first kappa shape index (κ1) is 18.1. The normalized spacial score (nSPS) is 10.3. The predicted octanol–water partition coefficient (Wildman–Crippen LogP) is 3.03. The second-order valence-corrected chi connectivity index (χ2v) is 4.94. The number of ether oxygens (including phenoxy) is 3. The van der Waals surface area contributed by atoms with Gasteiger partial charge < -0.3 is 14.2 Å². The van der Waals surface area contributed by atoms with Gasteiger partial charge in [-0.05, 0) is 29.8 Å². The van der Waals surface area contributed by atoms with Gasteiger partial charge in [-0.1, -0.05) is 24.8 Å². The maximum Gasteiger partial charge on any atom is 0.275 e. The highest BCUT2D eigenvalue weighted by Gasteiger charge is 2.12. The van der Waals surface area contributed by atoms with Crippen LogP contribution in [0, 0.1) is 0 Å². The molecule has 0 heterocycles. The zero-order chi connectivity index (χ0) is 18.1. The summed E-state index contributed by atoms with van der Waals surface area (Å²) in [4.78, 5) is 12.2. The number of methoxy groups -OCH3 is 2. The van der Waals surface area contributed by atoms with Crippen LogP contribution in [0.4, 0.5) is 0 Å². The lowest BCUT2D eigenvalue weighted by molar-refractivity contribution is 0.0952. The van der Waals surface area contributed by atoms with E-state index in [-0.39, 0.29) is 5.91 Å². The summed E-state index contributed by atoms with van der Waals surface area (Å²) < 4.78 is 15.8. The van der Waals surface area contributed by atoms with E-state index >= 15 is 0 Å². The van der Waals surface area contributed by atoms with Crippen LogP contribution >= 0.6 is 0 Å². The number of carbonyl (C=O) groups excluding carboxylic acids is 1. The molecule has 0 bridgehead atoms. The van der Waals surface area contributed by atoms with Crippen LogP contribution in [0.2, 0.25) is 0 Å². The Hall–Kier alpha value is -3.28. The van der Waals surface area contributed by atoms with Gasteiger partial charge in [0.2, 0.25) is 0 Å². The van der Waals surface area contributed by atoms with E-state index in [0.717, 1.165) is 5.56 Å². The smallest absolute Gasteiger partial charge is 0.275 e. The maximum atomic E-state index is 12.2. The molecule has 0 aliphatic carbocycles. The molecule has 130 valence electrons. The Morgan fingerprint density at radius 1 is 1.16 bits per heavy atom. The summed E-state index contributed by atoms with van der Waals surface area (Å²) in [6.07, 6.45) is 3.21. The lowest BCUT2D eigenvalue weighted by Gasteiger charge is -2.09. The molecular formula is C19H20N2O4. The monoisotopic (exact) mass is 340 g/mol. The lowest BCUT2D eigenvalue weighted by atomic mass is 10.2. The van der Waals surface area contributed by atoms with E-state index in [1.165, 1.54) is 13.3 Å². The molecular weight excluding hydrogens is 320 g/mol. The molecule has 0 saturated carbocycles. The summed E-state index contributed by atoms with van der Waals surface area (Å²) >= 11 is 0. The maximum absolute atomic E-state index is 12.2. The fourth-order valence-electron chi connectivity index (χ4n) is 2.05. The fraction of sp³-hybridized carbons (Fsp3) is 0.158. The minimum atomic E-state index is -0.380. The van der Waals surface area contributed by atoms with E-state index in [2.05, 4.69) is 17.1 Å². The first-order chi connectivity index (χ1) is 12.2. The van der Waals surface area contributed by atoms with Crippen LogP contribution in [-0.2, 0) is 0 Å². The van der Waals surface area contributed by atoms with Crippen LogP contribution in [0.1, 0.15) is 15.9 Å². The number of nitrogens with one attached hydrogen (secondary N) is 1. The van der Waals surface area contributed by atoms with Gasteiger partial charge in [-0.3, -0.25) is 4.79 Å². The number of hydrogen-bond acceptors (Lipinski definition) is 5. The van der Waals surface area contributed by atoms with Crippen LogP contribution < -0.4 is 19.6 Å². The van der Waals surface area contributed by atoms with Gasteiger partial charge >= 0.3 is 0 Å². The second kappa shape index (κ2) is 9.12. The minimum absolute atomic E-state index is 0.364. The van der Waals surface area contributed by atoms with Gasteiger partial charge in [-0.15, -0.1) is 0 Å². The van der Waals surface area contributed by atoms with Crippen molar-refractivity contribution in [3.05, 3.63) is 66.2 Å². The van der Waals surface area contributed by atoms with E-state index in [1.54, 1.807) is 31.4 Å². The first-order valence-electron chi connectivity index (χ1n) is 7.57. The van der Waals surface area contributed by atoms with Crippen molar-refractivity contribution in [1.82, 2.24) is 5.43 Å². The lowest BCUT2D eigenvalue weighted by Crippen LogP contribution is -2.18. The van der Waals surface area contributed by atoms with Crippen molar-refractivity contribution < 1.29 is 19.0 Å². The van der Waals surface area contributed by atoms with Gasteiger partial charge in [0.15, 0.2) is 0 Å². The quantitative estimate of drug-likeness (QED) is 0.456. The molecule has 0 aliphatic heterocycles. The van der Waals surface area contributed by atoms with Crippen molar-refractivity contribution in [3.63, 3.8) is 0 Å². The molecule has 2 aromatic rings. The number of carbonyl (C=O) groups is 1.